The van der Waals surface area contributed by atoms with E-state index in [-0.39, 0.29) is 23.1 Å². The molecule has 2 aromatic rings. The predicted octanol–water partition coefficient (Wildman–Crippen LogP) is 4.03. The van der Waals surface area contributed by atoms with E-state index in [9.17, 15) is 18.0 Å². The number of alkyl halides is 3. The molecule has 0 fully saturated rings. The van der Waals surface area contributed by atoms with Crippen molar-refractivity contribution in [1.29, 1.82) is 0 Å². The molecule has 2 rings (SSSR count). The summed E-state index contributed by atoms with van der Waals surface area (Å²) in [5.41, 5.74) is -0.791. The summed E-state index contributed by atoms with van der Waals surface area (Å²) in [7, 11) is 0. The Bertz CT molecular complexity index is 758. The molecule has 0 aliphatic rings. The van der Waals surface area contributed by atoms with Crippen molar-refractivity contribution in [3.8, 4) is 0 Å². The first-order valence-electron chi connectivity index (χ1n) is 7.84. The lowest BCUT2D eigenvalue weighted by Gasteiger charge is -2.19. The molecule has 1 amide bonds. The number of aryl methyl sites for hydroxylation is 1. The lowest BCUT2D eigenvalue weighted by atomic mass is 10.1. The highest BCUT2D eigenvalue weighted by atomic mass is 19.4. The molecule has 134 valence electrons. The Morgan fingerprint density at radius 3 is 2.40 bits per heavy atom. The van der Waals surface area contributed by atoms with Crippen LogP contribution in [-0.2, 0) is 6.18 Å². The fourth-order valence-electron chi connectivity index (χ4n) is 2.39. The Hall–Kier alpha value is -2.64. The number of hydrogen-bond acceptors (Lipinski definition) is 4. The average molecular weight is 352 g/mol. The molecule has 8 heteroatoms. The smallest absolute Gasteiger partial charge is 0.340 e. The molecular weight excluding hydrogens is 333 g/mol. The number of halogens is 3. The van der Waals surface area contributed by atoms with Crippen LogP contribution in [0.25, 0.3) is 0 Å². The maximum absolute atomic E-state index is 13.1. The van der Waals surface area contributed by atoms with Crippen molar-refractivity contribution in [2.45, 2.75) is 26.9 Å². The summed E-state index contributed by atoms with van der Waals surface area (Å²) in [6.45, 7) is 6.29. The van der Waals surface area contributed by atoms with Gasteiger partial charge in [-0.2, -0.15) is 13.2 Å². The third kappa shape index (κ3) is 4.46. The minimum absolute atomic E-state index is 0.130. The van der Waals surface area contributed by atoms with Crippen molar-refractivity contribution in [3.63, 3.8) is 0 Å². The second-order valence-electron chi connectivity index (χ2n) is 5.33. The minimum atomic E-state index is -4.49. The van der Waals surface area contributed by atoms with Gasteiger partial charge in [-0.15, -0.1) is 0 Å². The van der Waals surface area contributed by atoms with Gasteiger partial charge < -0.3 is 10.2 Å². The number of anilines is 2. The maximum Gasteiger partial charge on any atom is 0.418 e. The number of carbonyl (C=O) groups excluding carboxylic acids is 1. The Morgan fingerprint density at radius 1 is 1.16 bits per heavy atom. The van der Waals surface area contributed by atoms with Crippen LogP contribution < -0.4 is 5.32 Å². The molecule has 0 aliphatic carbocycles. The molecule has 1 aromatic heterocycles. The third-order valence-corrected chi connectivity index (χ3v) is 3.60. The zero-order valence-corrected chi connectivity index (χ0v) is 14.2. The van der Waals surface area contributed by atoms with Gasteiger partial charge in [0.2, 0.25) is 0 Å². The summed E-state index contributed by atoms with van der Waals surface area (Å²) in [6.07, 6.45) is -4.49. The van der Waals surface area contributed by atoms with E-state index in [2.05, 4.69) is 15.3 Å². The molecular formula is C17H19F3N4O. The fourth-order valence-corrected chi connectivity index (χ4v) is 2.39. The largest absolute Gasteiger partial charge is 0.418 e. The molecule has 0 spiro atoms. The van der Waals surface area contributed by atoms with Crippen LogP contribution in [0, 0.1) is 6.92 Å². The second-order valence-corrected chi connectivity index (χ2v) is 5.33. The number of hydrogen-bond donors (Lipinski definition) is 1. The Balaban J connectivity index is 2.38. The number of nitrogens with zero attached hydrogens (tertiary/aromatic N) is 3. The molecule has 0 atom stereocenters. The van der Waals surface area contributed by atoms with Crippen LogP contribution in [0.2, 0.25) is 0 Å². The van der Waals surface area contributed by atoms with Crippen molar-refractivity contribution in [2.75, 3.05) is 18.4 Å². The summed E-state index contributed by atoms with van der Waals surface area (Å²) in [6, 6.07) is 6.47. The monoisotopic (exact) mass is 352 g/mol. The van der Waals surface area contributed by atoms with Crippen molar-refractivity contribution >= 4 is 17.4 Å². The SMILES string of the molecule is CCN(CC)C(=O)c1cc(Nc2ccccc2C(F)(F)F)nc(C)n1. The van der Waals surface area contributed by atoms with Crippen LogP contribution in [0.5, 0.6) is 0 Å². The van der Waals surface area contributed by atoms with E-state index in [0.717, 1.165) is 6.07 Å². The number of carbonyl (C=O) groups is 1. The first kappa shape index (κ1) is 18.7. The first-order chi connectivity index (χ1) is 11.8. The van der Waals surface area contributed by atoms with Crippen LogP contribution in [0.4, 0.5) is 24.7 Å². The zero-order valence-electron chi connectivity index (χ0n) is 14.2. The Labute approximate surface area is 143 Å². The van der Waals surface area contributed by atoms with Gasteiger partial charge in [-0.25, -0.2) is 9.97 Å². The van der Waals surface area contributed by atoms with E-state index in [1.165, 1.54) is 24.3 Å². The number of aromatic nitrogens is 2. The highest BCUT2D eigenvalue weighted by molar-refractivity contribution is 5.93. The van der Waals surface area contributed by atoms with Crippen LogP contribution in [0.15, 0.2) is 30.3 Å². The molecule has 0 bridgehead atoms. The van der Waals surface area contributed by atoms with E-state index >= 15 is 0 Å². The summed E-state index contributed by atoms with van der Waals surface area (Å²) in [4.78, 5) is 22.2. The van der Waals surface area contributed by atoms with Crippen LogP contribution in [0.3, 0.4) is 0 Å². The third-order valence-electron chi connectivity index (χ3n) is 3.60. The van der Waals surface area contributed by atoms with E-state index in [4.69, 9.17) is 0 Å². The van der Waals surface area contributed by atoms with E-state index in [1.54, 1.807) is 11.8 Å². The summed E-state index contributed by atoms with van der Waals surface area (Å²) in [5, 5.41) is 2.65. The number of rotatable bonds is 5. The minimum Gasteiger partial charge on any atom is -0.340 e. The van der Waals surface area contributed by atoms with Crippen molar-refractivity contribution < 1.29 is 18.0 Å². The summed E-state index contributed by atoms with van der Waals surface area (Å²) in [5.74, 6) is 0.146. The van der Waals surface area contributed by atoms with E-state index < -0.39 is 11.7 Å². The molecule has 0 saturated carbocycles. The van der Waals surface area contributed by atoms with Gasteiger partial charge in [0.05, 0.1) is 11.3 Å². The van der Waals surface area contributed by atoms with Gasteiger partial charge in [0, 0.05) is 19.2 Å². The molecule has 5 nitrogen and oxygen atoms in total. The van der Waals surface area contributed by atoms with Crippen molar-refractivity contribution in [3.05, 3.63) is 47.4 Å². The standard InChI is InChI=1S/C17H19F3N4O/c1-4-24(5-2)16(25)14-10-15(22-11(3)21-14)23-13-9-7-6-8-12(13)17(18,19)20/h6-10H,4-5H2,1-3H3,(H,21,22,23). The van der Waals surface area contributed by atoms with Crippen molar-refractivity contribution in [1.82, 2.24) is 14.9 Å². The Kier molecular flexibility index (Phi) is 5.61. The molecule has 1 aromatic carbocycles. The quantitative estimate of drug-likeness (QED) is 0.883. The number of para-hydroxylation sites is 1. The topological polar surface area (TPSA) is 58.1 Å². The van der Waals surface area contributed by atoms with Gasteiger partial charge in [-0.3, -0.25) is 4.79 Å². The lowest BCUT2D eigenvalue weighted by Crippen LogP contribution is -2.31. The highest BCUT2D eigenvalue weighted by Gasteiger charge is 2.33. The van der Waals surface area contributed by atoms with Gasteiger partial charge in [0.15, 0.2) is 0 Å². The fraction of sp³-hybridized carbons (Fsp3) is 0.353. The number of nitrogens with one attached hydrogen (secondary N) is 1. The zero-order chi connectivity index (χ0) is 18.6. The van der Waals surface area contributed by atoms with Gasteiger partial charge in [-0.05, 0) is 32.9 Å². The van der Waals surface area contributed by atoms with Crippen LogP contribution >= 0.6 is 0 Å². The molecule has 0 radical (unpaired) electrons. The maximum atomic E-state index is 13.1. The summed E-state index contributed by atoms with van der Waals surface area (Å²) >= 11 is 0. The molecule has 0 aliphatic heterocycles. The molecule has 1 N–H and O–H groups in total. The number of amides is 1. The van der Waals surface area contributed by atoms with Crippen molar-refractivity contribution in [2.24, 2.45) is 0 Å². The predicted molar refractivity (Wildman–Crippen MR) is 88.7 cm³/mol. The van der Waals surface area contributed by atoms with Gasteiger partial charge in [0.1, 0.15) is 17.3 Å². The first-order valence-corrected chi connectivity index (χ1v) is 7.84. The molecule has 1 heterocycles. The van der Waals surface area contributed by atoms with Gasteiger partial charge in [-0.1, -0.05) is 12.1 Å². The lowest BCUT2D eigenvalue weighted by molar-refractivity contribution is -0.136. The number of benzene rings is 1. The van der Waals surface area contributed by atoms with Crippen LogP contribution in [-0.4, -0.2) is 33.9 Å². The Morgan fingerprint density at radius 2 is 1.80 bits per heavy atom. The molecule has 0 unspecified atom stereocenters. The normalized spacial score (nSPS) is 11.3. The molecule has 25 heavy (non-hydrogen) atoms. The molecule has 0 saturated heterocycles. The highest BCUT2D eigenvalue weighted by Crippen LogP contribution is 2.35. The van der Waals surface area contributed by atoms with Gasteiger partial charge >= 0.3 is 6.18 Å². The average Bonchev–Trinajstić information content (AvgIpc) is 2.55. The van der Waals surface area contributed by atoms with Crippen LogP contribution in [0.1, 0.15) is 35.7 Å². The van der Waals surface area contributed by atoms with E-state index in [0.29, 0.717) is 18.9 Å². The second kappa shape index (κ2) is 7.50. The summed E-state index contributed by atoms with van der Waals surface area (Å²) < 4.78 is 39.3. The van der Waals surface area contributed by atoms with Gasteiger partial charge in [0.25, 0.3) is 5.91 Å². The van der Waals surface area contributed by atoms with E-state index in [1.807, 2.05) is 13.8 Å².